The third-order valence-electron chi connectivity index (χ3n) is 3.46. The summed E-state index contributed by atoms with van der Waals surface area (Å²) in [6, 6.07) is 0. The first-order valence-corrected chi connectivity index (χ1v) is 5.05. The Hall–Kier alpha value is -0.300. The van der Waals surface area contributed by atoms with E-state index in [0.717, 1.165) is 0 Å². The largest absolute Gasteiger partial charge is 0.305 e. The lowest BCUT2D eigenvalue weighted by atomic mass is 9.74. The van der Waals surface area contributed by atoms with Gasteiger partial charge in [-0.2, -0.15) is 0 Å². The highest BCUT2D eigenvalue weighted by Gasteiger charge is 2.40. The van der Waals surface area contributed by atoms with E-state index in [9.17, 15) is 0 Å². The molecule has 1 saturated heterocycles. The number of allylic oxidation sites excluding steroid dienone is 1. The van der Waals surface area contributed by atoms with Gasteiger partial charge in [-0.3, -0.25) is 0 Å². The van der Waals surface area contributed by atoms with Gasteiger partial charge in [0.25, 0.3) is 0 Å². The molecule has 0 unspecified atom stereocenters. The van der Waals surface area contributed by atoms with Crippen molar-refractivity contribution in [1.82, 2.24) is 4.90 Å². The third kappa shape index (κ3) is 1.42. The minimum atomic E-state index is 0.703. The van der Waals surface area contributed by atoms with Crippen molar-refractivity contribution in [3.8, 4) is 0 Å². The molecule has 1 aliphatic carbocycles. The van der Waals surface area contributed by atoms with Crippen molar-refractivity contribution in [2.45, 2.75) is 32.1 Å². The van der Waals surface area contributed by atoms with Gasteiger partial charge in [-0.1, -0.05) is 12.2 Å². The lowest BCUT2D eigenvalue weighted by Crippen LogP contribution is -2.53. The Morgan fingerprint density at radius 2 is 2.00 bits per heavy atom. The van der Waals surface area contributed by atoms with Crippen molar-refractivity contribution in [3.63, 3.8) is 0 Å². The minimum absolute atomic E-state index is 0.703. The van der Waals surface area contributed by atoms with Crippen LogP contribution >= 0.6 is 0 Å². The minimum Gasteiger partial charge on any atom is -0.305 e. The van der Waals surface area contributed by atoms with Crippen molar-refractivity contribution < 1.29 is 0 Å². The molecule has 0 atom stereocenters. The van der Waals surface area contributed by atoms with Crippen LogP contribution in [0.4, 0.5) is 0 Å². The maximum absolute atomic E-state index is 4.10. The Labute approximate surface area is 75.4 Å². The van der Waals surface area contributed by atoms with E-state index in [0.29, 0.717) is 5.41 Å². The van der Waals surface area contributed by atoms with E-state index in [1.807, 2.05) is 0 Å². The summed E-state index contributed by atoms with van der Waals surface area (Å²) in [6.07, 6.45) is 6.79. The summed E-state index contributed by atoms with van der Waals surface area (Å²) in [4.78, 5) is 2.44. The summed E-state index contributed by atoms with van der Waals surface area (Å²) in [5.41, 5.74) is 2.19. The SMILES string of the molecule is C=C1CCCC2(CC1)CN(C)C2. The fourth-order valence-electron chi connectivity index (χ4n) is 2.82. The van der Waals surface area contributed by atoms with E-state index in [2.05, 4.69) is 18.5 Å². The maximum atomic E-state index is 4.10. The molecule has 0 aromatic heterocycles. The molecule has 1 aliphatic heterocycles. The molecule has 0 amide bonds. The van der Waals surface area contributed by atoms with Crippen LogP contribution in [0.5, 0.6) is 0 Å². The molecule has 1 nitrogen and oxygen atoms in total. The Balaban J connectivity index is 1.95. The lowest BCUT2D eigenvalue weighted by Gasteiger charge is -2.48. The second kappa shape index (κ2) is 2.88. The Morgan fingerprint density at radius 3 is 2.67 bits per heavy atom. The fourth-order valence-corrected chi connectivity index (χ4v) is 2.82. The van der Waals surface area contributed by atoms with E-state index in [1.165, 1.54) is 50.8 Å². The van der Waals surface area contributed by atoms with E-state index in [4.69, 9.17) is 0 Å². The van der Waals surface area contributed by atoms with Gasteiger partial charge in [0, 0.05) is 13.1 Å². The third-order valence-corrected chi connectivity index (χ3v) is 3.46. The smallest absolute Gasteiger partial charge is 0.00475 e. The first-order valence-electron chi connectivity index (χ1n) is 5.05. The zero-order valence-corrected chi connectivity index (χ0v) is 8.10. The molecule has 1 saturated carbocycles. The van der Waals surface area contributed by atoms with Gasteiger partial charge in [0.15, 0.2) is 0 Å². The predicted octanol–water partition coefficient (Wildman–Crippen LogP) is 2.44. The first-order chi connectivity index (χ1) is 5.70. The van der Waals surface area contributed by atoms with Crippen LogP contribution in [0.2, 0.25) is 0 Å². The molecule has 0 aromatic carbocycles. The summed E-state index contributed by atoms with van der Waals surface area (Å²) in [5, 5.41) is 0. The zero-order chi connectivity index (χ0) is 8.60. The molecule has 0 radical (unpaired) electrons. The molecule has 68 valence electrons. The Bertz CT molecular complexity index is 189. The highest BCUT2D eigenvalue weighted by Crippen LogP contribution is 2.42. The predicted molar refractivity (Wildman–Crippen MR) is 52.2 cm³/mol. The molecular formula is C11H19N. The molecule has 1 spiro atoms. The lowest BCUT2D eigenvalue weighted by molar-refractivity contribution is 0.00947. The zero-order valence-electron chi connectivity index (χ0n) is 8.10. The van der Waals surface area contributed by atoms with E-state index in [-0.39, 0.29) is 0 Å². The van der Waals surface area contributed by atoms with Gasteiger partial charge in [0.05, 0.1) is 0 Å². The van der Waals surface area contributed by atoms with Crippen LogP contribution in [-0.4, -0.2) is 25.0 Å². The van der Waals surface area contributed by atoms with Crippen LogP contribution < -0.4 is 0 Å². The highest BCUT2D eigenvalue weighted by molar-refractivity contribution is 5.03. The number of hydrogen-bond donors (Lipinski definition) is 0. The standard InChI is InChI=1S/C11H19N/c1-10-4-3-6-11(7-5-10)8-12(2)9-11/h1,3-9H2,2H3. The van der Waals surface area contributed by atoms with E-state index in [1.54, 1.807) is 0 Å². The van der Waals surface area contributed by atoms with Crippen LogP contribution in [0.15, 0.2) is 12.2 Å². The molecular weight excluding hydrogens is 146 g/mol. The average Bonchev–Trinajstić information content (AvgIpc) is 2.12. The molecule has 1 heteroatoms. The number of hydrogen-bond acceptors (Lipinski definition) is 1. The van der Waals surface area contributed by atoms with Crippen molar-refractivity contribution in [2.24, 2.45) is 5.41 Å². The molecule has 1 heterocycles. The quantitative estimate of drug-likeness (QED) is 0.498. The molecule has 2 aliphatic rings. The van der Waals surface area contributed by atoms with E-state index < -0.39 is 0 Å². The van der Waals surface area contributed by atoms with Gasteiger partial charge < -0.3 is 4.90 Å². The van der Waals surface area contributed by atoms with Crippen molar-refractivity contribution >= 4 is 0 Å². The van der Waals surface area contributed by atoms with Crippen LogP contribution in [0.3, 0.4) is 0 Å². The van der Waals surface area contributed by atoms with Crippen LogP contribution in [0.25, 0.3) is 0 Å². The number of nitrogens with zero attached hydrogens (tertiary/aromatic N) is 1. The normalized spacial score (nSPS) is 29.9. The summed E-state index contributed by atoms with van der Waals surface area (Å²) < 4.78 is 0. The van der Waals surface area contributed by atoms with Gasteiger partial charge in [-0.25, -0.2) is 0 Å². The van der Waals surface area contributed by atoms with Gasteiger partial charge in [0.1, 0.15) is 0 Å². The first kappa shape index (κ1) is 8.31. The molecule has 2 fully saturated rings. The second-order valence-corrected chi connectivity index (χ2v) is 4.78. The second-order valence-electron chi connectivity index (χ2n) is 4.78. The molecule has 12 heavy (non-hydrogen) atoms. The Kier molecular flexibility index (Phi) is 1.99. The fraction of sp³-hybridized carbons (Fsp3) is 0.818. The van der Waals surface area contributed by atoms with Gasteiger partial charge >= 0.3 is 0 Å². The van der Waals surface area contributed by atoms with E-state index >= 15 is 0 Å². The van der Waals surface area contributed by atoms with Crippen LogP contribution in [-0.2, 0) is 0 Å². The van der Waals surface area contributed by atoms with Crippen molar-refractivity contribution in [2.75, 3.05) is 20.1 Å². The highest BCUT2D eigenvalue weighted by atomic mass is 15.2. The average molecular weight is 165 g/mol. The Morgan fingerprint density at radius 1 is 1.25 bits per heavy atom. The maximum Gasteiger partial charge on any atom is 0.00475 e. The van der Waals surface area contributed by atoms with Crippen molar-refractivity contribution in [3.05, 3.63) is 12.2 Å². The topological polar surface area (TPSA) is 3.24 Å². The molecule has 2 rings (SSSR count). The van der Waals surface area contributed by atoms with Gasteiger partial charge in [-0.15, -0.1) is 0 Å². The summed E-state index contributed by atoms with van der Waals surface area (Å²) >= 11 is 0. The van der Waals surface area contributed by atoms with Gasteiger partial charge in [0.2, 0.25) is 0 Å². The summed E-state index contributed by atoms with van der Waals surface area (Å²) in [7, 11) is 2.23. The number of likely N-dealkylation sites (tertiary alicyclic amines) is 1. The molecule has 0 bridgehead atoms. The summed E-state index contributed by atoms with van der Waals surface area (Å²) in [6.45, 7) is 6.77. The summed E-state index contributed by atoms with van der Waals surface area (Å²) in [5.74, 6) is 0. The van der Waals surface area contributed by atoms with Crippen LogP contribution in [0, 0.1) is 5.41 Å². The van der Waals surface area contributed by atoms with Crippen molar-refractivity contribution in [1.29, 1.82) is 0 Å². The number of rotatable bonds is 0. The molecule has 0 aromatic rings. The van der Waals surface area contributed by atoms with Crippen LogP contribution in [0.1, 0.15) is 32.1 Å². The van der Waals surface area contributed by atoms with Gasteiger partial charge in [-0.05, 0) is 44.6 Å². The molecule has 0 N–H and O–H groups in total. The monoisotopic (exact) mass is 165 g/mol.